The van der Waals surface area contributed by atoms with E-state index in [0.717, 1.165) is 0 Å². The van der Waals surface area contributed by atoms with Crippen LogP contribution >= 0.6 is 0 Å². The van der Waals surface area contributed by atoms with Gasteiger partial charge in [-0.25, -0.2) is 4.79 Å². The summed E-state index contributed by atoms with van der Waals surface area (Å²) in [5.41, 5.74) is 0. The minimum atomic E-state index is -3.58. The van der Waals surface area contributed by atoms with Crippen LogP contribution in [0.5, 0.6) is 0 Å². The zero-order valence-corrected chi connectivity index (χ0v) is 8.76. The van der Waals surface area contributed by atoms with E-state index in [1.165, 1.54) is 13.8 Å². The minimum Gasteiger partial charge on any atom is -0.464 e. The topological polar surface area (TPSA) is 69.7 Å². The van der Waals surface area contributed by atoms with Crippen molar-refractivity contribution in [2.75, 3.05) is 12.4 Å². The molecule has 0 saturated carbocycles. The number of hydrogen-bond acceptors (Lipinski definition) is 5. The van der Waals surface area contributed by atoms with Gasteiger partial charge >= 0.3 is 5.97 Å². The van der Waals surface area contributed by atoms with Crippen molar-refractivity contribution >= 4 is 16.1 Å². The second kappa shape index (κ2) is 5.18. The summed E-state index contributed by atoms with van der Waals surface area (Å²) in [5.74, 6) is -0.823. The maximum Gasteiger partial charge on any atom is 0.336 e. The first-order chi connectivity index (χ1) is 5.93. The lowest BCUT2D eigenvalue weighted by atomic mass is 10.4. The fourth-order valence-electron chi connectivity index (χ4n) is 0.587. The van der Waals surface area contributed by atoms with Gasteiger partial charge in [-0.2, -0.15) is 8.42 Å². The molecular formula is C7H14O5S. The highest BCUT2D eigenvalue weighted by atomic mass is 32.2. The van der Waals surface area contributed by atoms with Gasteiger partial charge in [-0.1, -0.05) is 0 Å². The molecule has 0 aliphatic rings. The third-order valence-electron chi connectivity index (χ3n) is 1.26. The third kappa shape index (κ3) is 4.84. The Balaban J connectivity index is 4.15. The third-order valence-corrected chi connectivity index (χ3v) is 2.55. The van der Waals surface area contributed by atoms with Gasteiger partial charge in [0.15, 0.2) is 6.10 Å². The van der Waals surface area contributed by atoms with Crippen LogP contribution in [0.3, 0.4) is 0 Å². The SMILES string of the molecule is CCOC(=O)[C@H](C)OS(=O)(=O)CC. The lowest BCUT2D eigenvalue weighted by molar-refractivity contribution is -0.150. The zero-order valence-electron chi connectivity index (χ0n) is 7.94. The van der Waals surface area contributed by atoms with Crippen LogP contribution in [0.25, 0.3) is 0 Å². The number of ether oxygens (including phenoxy) is 1. The summed E-state index contributed by atoms with van der Waals surface area (Å²) >= 11 is 0. The molecule has 0 bridgehead atoms. The summed E-state index contributed by atoms with van der Waals surface area (Å²) < 4.78 is 30.8. The van der Waals surface area contributed by atoms with E-state index in [9.17, 15) is 13.2 Å². The maximum absolute atomic E-state index is 10.9. The van der Waals surface area contributed by atoms with Crippen LogP contribution in [0, 0.1) is 0 Å². The smallest absolute Gasteiger partial charge is 0.336 e. The van der Waals surface area contributed by atoms with E-state index in [4.69, 9.17) is 0 Å². The van der Waals surface area contributed by atoms with Crippen LogP contribution in [0.4, 0.5) is 0 Å². The Morgan fingerprint density at radius 2 is 1.92 bits per heavy atom. The molecule has 0 spiro atoms. The van der Waals surface area contributed by atoms with E-state index in [0.29, 0.717) is 0 Å². The summed E-state index contributed by atoms with van der Waals surface area (Å²) in [6.07, 6.45) is -1.06. The molecule has 1 atom stereocenters. The van der Waals surface area contributed by atoms with Crippen LogP contribution in [0.1, 0.15) is 20.8 Å². The van der Waals surface area contributed by atoms with Gasteiger partial charge in [-0.15, -0.1) is 0 Å². The van der Waals surface area contributed by atoms with E-state index >= 15 is 0 Å². The molecule has 0 aromatic heterocycles. The molecule has 0 radical (unpaired) electrons. The molecule has 0 amide bonds. The van der Waals surface area contributed by atoms with E-state index in [1.54, 1.807) is 6.92 Å². The molecule has 0 rings (SSSR count). The molecule has 0 N–H and O–H groups in total. The predicted molar refractivity (Wildman–Crippen MR) is 46.6 cm³/mol. The number of rotatable bonds is 5. The number of carbonyl (C=O) groups is 1. The highest BCUT2D eigenvalue weighted by Gasteiger charge is 2.21. The largest absolute Gasteiger partial charge is 0.464 e. The lowest BCUT2D eigenvalue weighted by Gasteiger charge is -2.10. The predicted octanol–water partition coefficient (Wildman–Crippen LogP) is 0.304. The van der Waals surface area contributed by atoms with Crippen molar-refractivity contribution < 1.29 is 22.1 Å². The first-order valence-electron chi connectivity index (χ1n) is 4.00. The second-order valence-corrected chi connectivity index (χ2v) is 4.22. The molecule has 0 aliphatic carbocycles. The van der Waals surface area contributed by atoms with Crippen molar-refractivity contribution in [3.63, 3.8) is 0 Å². The molecule has 0 unspecified atom stereocenters. The van der Waals surface area contributed by atoms with E-state index < -0.39 is 22.2 Å². The molecule has 6 heteroatoms. The van der Waals surface area contributed by atoms with Crippen molar-refractivity contribution in [1.29, 1.82) is 0 Å². The van der Waals surface area contributed by atoms with Crippen LogP contribution in [-0.2, 0) is 23.8 Å². The minimum absolute atomic E-state index is 0.156. The van der Waals surface area contributed by atoms with Gasteiger partial charge in [0.05, 0.1) is 12.4 Å². The van der Waals surface area contributed by atoms with Crippen molar-refractivity contribution in [3.8, 4) is 0 Å². The Bertz CT molecular complexity index is 256. The zero-order chi connectivity index (χ0) is 10.5. The summed E-state index contributed by atoms with van der Waals surface area (Å²) in [6, 6.07) is 0. The molecule has 0 saturated heterocycles. The molecule has 5 nitrogen and oxygen atoms in total. The van der Waals surface area contributed by atoms with Gasteiger partial charge in [-0.3, -0.25) is 4.18 Å². The van der Waals surface area contributed by atoms with Crippen LogP contribution in [-0.4, -0.2) is 32.9 Å². The van der Waals surface area contributed by atoms with Gasteiger partial charge in [0.1, 0.15) is 0 Å². The van der Waals surface area contributed by atoms with Crippen LogP contribution < -0.4 is 0 Å². The van der Waals surface area contributed by atoms with Crippen molar-refractivity contribution in [2.24, 2.45) is 0 Å². The second-order valence-electron chi connectivity index (χ2n) is 2.34. The normalized spacial score (nSPS) is 13.8. The number of hydrogen-bond donors (Lipinski definition) is 0. The number of carbonyl (C=O) groups excluding carboxylic acids is 1. The van der Waals surface area contributed by atoms with Gasteiger partial charge in [0.25, 0.3) is 10.1 Å². The molecule has 0 fully saturated rings. The van der Waals surface area contributed by atoms with E-state index in [-0.39, 0.29) is 12.4 Å². The average Bonchev–Trinajstić information content (AvgIpc) is 2.04. The van der Waals surface area contributed by atoms with Crippen LogP contribution in [0.15, 0.2) is 0 Å². The lowest BCUT2D eigenvalue weighted by Crippen LogP contribution is -2.27. The average molecular weight is 210 g/mol. The fourth-order valence-corrected chi connectivity index (χ4v) is 1.24. The van der Waals surface area contributed by atoms with Crippen molar-refractivity contribution in [3.05, 3.63) is 0 Å². The molecule has 0 aromatic rings. The first kappa shape index (κ1) is 12.4. The summed E-state index contributed by atoms with van der Waals surface area (Å²) in [6.45, 7) is 4.62. The monoisotopic (exact) mass is 210 g/mol. The Hall–Kier alpha value is -0.620. The van der Waals surface area contributed by atoms with Crippen LogP contribution in [0.2, 0.25) is 0 Å². The molecular weight excluding hydrogens is 196 g/mol. The van der Waals surface area contributed by atoms with Crippen molar-refractivity contribution in [1.82, 2.24) is 0 Å². The van der Waals surface area contributed by atoms with Gasteiger partial charge in [-0.05, 0) is 20.8 Å². The highest BCUT2D eigenvalue weighted by molar-refractivity contribution is 7.86. The quantitative estimate of drug-likeness (QED) is 0.482. The first-order valence-corrected chi connectivity index (χ1v) is 5.58. The van der Waals surface area contributed by atoms with E-state index in [1.807, 2.05) is 0 Å². The summed E-state index contributed by atoms with van der Waals surface area (Å²) in [4.78, 5) is 10.9. The Labute approximate surface area is 78.2 Å². The maximum atomic E-state index is 10.9. The summed E-state index contributed by atoms with van der Waals surface area (Å²) in [5, 5.41) is 0. The molecule has 0 heterocycles. The Morgan fingerprint density at radius 3 is 2.31 bits per heavy atom. The molecule has 78 valence electrons. The molecule has 0 aliphatic heterocycles. The Kier molecular flexibility index (Phi) is 4.94. The molecule has 13 heavy (non-hydrogen) atoms. The fraction of sp³-hybridized carbons (Fsp3) is 0.857. The van der Waals surface area contributed by atoms with Gasteiger partial charge in [0, 0.05) is 0 Å². The van der Waals surface area contributed by atoms with Crippen molar-refractivity contribution in [2.45, 2.75) is 26.9 Å². The standard InChI is InChI=1S/C7H14O5S/c1-4-11-7(8)6(3)12-13(9,10)5-2/h6H,4-5H2,1-3H3/t6-/m0/s1. The highest BCUT2D eigenvalue weighted by Crippen LogP contribution is 2.01. The van der Waals surface area contributed by atoms with Gasteiger partial charge < -0.3 is 4.74 Å². The number of esters is 1. The Morgan fingerprint density at radius 1 is 1.38 bits per heavy atom. The molecule has 0 aromatic carbocycles. The summed E-state index contributed by atoms with van der Waals surface area (Å²) in [7, 11) is -3.58. The van der Waals surface area contributed by atoms with E-state index in [2.05, 4.69) is 8.92 Å². The van der Waals surface area contributed by atoms with Gasteiger partial charge in [0.2, 0.25) is 0 Å².